The van der Waals surface area contributed by atoms with Crippen LogP contribution in [0.2, 0.25) is 0 Å². The maximum Gasteiger partial charge on any atom is 0.122 e. The first-order valence-corrected chi connectivity index (χ1v) is 7.57. The number of nitrogens with zero attached hydrogens (tertiary/aromatic N) is 1. The highest BCUT2D eigenvalue weighted by Crippen LogP contribution is 2.24. The SMILES string of the molecule is CCC(NCC(c1ccco1)N(C)C)c1cccs1. The fraction of sp³-hybridized carbons (Fsp3) is 0.467. The predicted molar refractivity (Wildman–Crippen MR) is 80.5 cm³/mol. The number of furan rings is 1. The van der Waals surface area contributed by atoms with Crippen LogP contribution in [0.15, 0.2) is 40.3 Å². The third kappa shape index (κ3) is 3.69. The first kappa shape index (κ1) is 14.3. The second-order valence-electron chi connectivity index (χ2n) is 4.88. The van der Waals surface area contributed by atoms with Crippen LogP contribution in [0.1, 0.15) is 36.1 Å². The summed E-state index contributed by atoms with van der Waals surface area (Å²) in [5.41, 5.74) is 0. The van der Waals surface area contributed by atoms with Crippen molar-refractivity contribution in [3.63, 3.8) is 0 Å². The van der Waals surface area contributed by atoms with E-state index in [4.69, 9.17) is 4.42 Å². The molecule has 0 amide bonds. The summed E-state index contributed by atoms with van der Waals surface area (Å²) < 4.78 is 5.53. The summed E-state index contributed by atoms with van der Waals surface area (Å²) in [7, 11) is 4.17. The van der Waals surface area contributed by atoms with Gasteiger partial charge in [0, 0.05) is 17.5 Å². The molecule has 2 aromatic heterocycles. The fourth-order valence-electron chi connectivity index (χ4n) is 2.21. The smallest absolute Gasteiger partial charge is 0.122 e. The van der Waals surface area contributed by atoms with Crippen molar-refractivity contribution < 1.29 is 4.42 Å². The van der Waals surface area contributed by atoms with Crippen LogP contribution < -0.4 is 5.32 Å². The van der Waals surface area contributed by atoms with Crippen LogP contribution in [-0.2, 0) is 0 Å². The molecule has 2 rings (SSSR count). The molecule has 0 bridgehead atoms. The van der Waals surface area contributed by atoms with Gasteiger partial charge < -0.3 is 9.73 Å². The van der Waals surface area contributed by atoms with E-state index in [-0.39, 0.29) is 6.04 Å². The molecule has 0 radical (unpaired) electrons. The summed E-state index contributed by atoms with van der Waals surface area (Å²) >= 11 is 1.81. The molecule has 0 saturated carbocycles. The van der Waals surface area contributed by atoms with Gasteiger partial charge in [-0.2, -0.15) is 0 Å². The van der Waals surface area contributed by atoms with Crippen LogP contribution in [0.3, 0.4) is 0 Å². The molecule has 19 heavy (non-hydrogen) atoms. The molecule has 1 N–H and O–H groups in total. The standard InChI is InChI=1S/C15H22N2OS/c1-4-12(15-8-6-10-19-15)16-11-13(17(2)3)14-7-5-9-18-14/h5-10,12-13,16H,4,11H2,1-3H3. The number of nitrogens with one attached hydrogen (secondary N) is 1. The number of thiophene rings is 1. The third-order valence-electron chi connectivity index (χ3n) is 3.35. The first-order chi connectivity index (χ1) is 9.22. The van der Waals surface area contributed by atoms with Crippen LogP contribution in [0.25, 0.3) is 0 Å². The quantitative estimate of drug-likeness (QED) is 0.837. The van der Waals surface area contributed by atoms with Gasteiger partial charge in [-0.3, -0.25) is 4.90 Å². The summed E-state index contributed by atoms with van der Waals surface area (Å²) in [5.74, 6) is 1.01. The zero-order chi connectivity index (χ0) is 13.7. The van der Waals surface area contributed by atoms with Crippen molar-refractivity contribution in [3.05, 3.63) is 46.5 Å². The van der Waals surface area contributed by atoms with E-state index in [2.05, 4.69) is 48.7 Å². The summed E-state index contributed by atoms with van der Waals surface area (Å²) in [4.78, 5) is 3.59. The lowest BCUT2D eigenvalue weighted by molar-refractivity contribution is 0.243. The van der Waals surface area contributed by atoms with Gasteiger partial charge in [0.2, 0.25) is 0 Å². The van der Waals surface area contributed by atoms with E-state index < -0.39 is 0 Å². The lowest BCUT2D eigenvalue weighted by Gasteiger charge is -2.25. The molecule has 0 aliphatic heterocycles. The Labute approximate surface area is 119 Å². The van der Waals surface area contributed by atoms with Gasteiger partial charge in [-0.1, -0.05) is 13.0 Å². The van der Waals surface area contributed by atoms with Gasteiger partial charge >= 0.3 is 0 Å². The molecule has 0 saturated heterocycles. The first-order valence-electron chi connectivity index (χ1n) is 6.69. The van der Waals surface area contributed by atoms with Crippen LogP contribution in [-0.4, -0.2) is 25.5 Å². The highest BCUT2D eigenvalue weighted by Gasteiger charge is 2.19. The zero-order valence-corrected chi connectivity index (χ0v) is 12.6. The van der Waals surface area contributed by atoms with E-state index in [9.17, 15) is 0 Å². The zero-order valence-electron chi connectivity index (χ0n) is 11.8. The van der Waals surface area contributed by atoms with E-state index in [1.807, 2.05) is 23.5 Å². The average Bonchev–Trinajstić information content (AvgIpc) is 3.06. The van der Waals surface area contributed by atoms with E-state index in [0.717, 1.165) is 18.7 Å². The van der Waals surface area contributed by atoms with Gasteiger partial charge in [-0.05, 0) is 44.1 Å². The number of hydrogen-bond acceptors (Lipinski definition) is 4. The molecule has 3 nitrogen and oxygen atoms in total. The Balaban J connectivity index is 1.99. The minimum absolute atomic E-state index is 0.268. The van der Waals surface area contributed by atoms with E-state index in [0.29, 0.717) is 6.04 Å². The molecular weight excluding hydrogens is 256 g/mol. The Morgan fingerprint density at radius 2 is 2.16 bits per heavy atom. The van der Waals surface area contributed by atoms with Crippen molar-refractivity contribution in [2.45, 2.75) is 25.4 Å². The molecule has 4 heteroatoms. The van der Waals surface area contributed by atoms with Crippen LogP contribution in [0.4, 0.5) is 0 Å². The Kier molecular flexibility index (Phi) is 5.19. The van der Waals surface area contributed by atoms with Gasteiger partial charge in [0.1, 0.15) is 5.76 Å². The van der Waals surface area contributed by atoms with Crippen LogP contribution in [0.5, 0.6) is 0 Å². The fourth-order valence-corrected chi connectivity index (χ4v) is 3.09. The molecule has 2 unspecified atom stereocenters. The highest BCUT2D eigenvalue weighted by atomic mass is 32.1. The van der Waals surface area contributed by atoms with E-state index >= 15 is 0 Å². The van der Waals surface area contributed by atoms with Crippen molar-refractivity contribution in [1.29, 1.82) is 0 Å². The minimum atomic E-state index is 0.268. The topological polar surface area (TPSA) is 28.4 Å². The highest BCUT2D eigenvalue weighted by molar-refractivity contribution is 7.10. The molecule has 104 valence electrons. The van der Waals surface area contributed by atoms with Gasteiger partial charge in [-0.25, -0.2) is 0 Å². The molecule has 0 aromatic carbocycles. The van der Waals surface area contributed by atoms with Crippen molar-refractivity contribution in [1.82, 2.24) is 10.2 Å². The van der Waals surface area contributed by atoms with Gasteiger partial charge in [-0.15, -0.1) is 11.3 Å². The predicted octanol–water partition coefficient (Wildman–Crippen LogP) is 3.68. The number of hydrogen-bond donors (Lipinski definition) is 1. The molecule has 0 spiro atoms. The lowest BCUT2D eigenvalue weighted by atomic mass is 10.1. The molecule has 2 aromatic rings. The van der Waals surface area contributed by atoms with E-state index in [1.165, 1.54) is 4.88 Å². The number of likely N-dealkylation sites (N-methyl/N-ethyl adjacent to an activating group) is 1. The molecular formula is C15H22N2OS. The largest absolute Gasteiger partial charge is 0.468 e. The van der Waals surface area contributed by atoms with Gasteiger partial charge in [0.05, 0.1) is 12.3 Å². The third-order valence-corrected chi connectivity index (χ3v) is 4.33. The summed E-state index contributed by atoms with van der Waals surface area (Å²) in [6.45, 7) is 3.10. The monoisotopic (exact) mass is 278 g/mol. The summed E-state index contributed by atoms with van der Waals surface area (Å²) in [5, 5.41) is 5.78. The van der Waals surface area contributed by atoms with Crippen molar-refractivity contribution >= 4 is 11.3 Å². The van der Waals surface area contributed by atoms with Crippen LogP contribution >= 0.6 is 11.3 Å². The van der Waals surface area contributed by atoms with Crippen molar-refractivity contribution in [2.75, 3.05) is 20.6 Å². The number of rotatable bonds is 7. The Morgan fingerprint density at radius 3 is 2.68 bits per heavy atom. The van der Waals surface area contributed by atoms with E-state index in [1.54, 1.807) is 6.26 Å². The summed E-state index contributed by atoms with van der Waals surface area (Å²) in [6, 6.07) is 8.99. The molecule has 0 aliphatic carbocycles. The minimum Gasteiger partial charge on any atom is -0.468 e. The molecule has 2 atom stereocenters. The normalized spacial score (nSPS) is 14.7. The van der Waals surface area contributed by atoms with Crippen LogP contribution in [0, 0.1) is 0 Å². The van der Waals surface area contributed by atoms with Crippen molar-refractivity contribution in [2.24, 2.45) is 0 Å². The van der Waals surface area contributed by atoms with Gasteiger partial charge in [0.25, 0.3) is 0 Å². The average molecular weight is 278 g/mol. The van der Waals surface area contributed by atoms with Gasteiger partial charge in [0.15, 0.2) is 0 Å². The second kappa shape index (κ2) is 6.89. The van der Waals surface area contributed by atoms with Crippen molar-refractivity contribution in [3.8, 4) is 0 Å². The Bertz CT molecular complexity index is 450. The maximum atomic E-state index is 5.53. The lowest BCUT2D eigenvalue weighted by Crippen LogP contribution is -2.32. The Hall–Kier alpha value is -1.10. The molecule has 0 fully saturated rings. The maximum absolute atomic E-state index is 5.53. The second-order valence-corrected chi connectivity index (χ2v) is 5.86. The Morgan fingerprint density at radius 1 is 1.32 bits per heavy atom. The molecule has 0 aliphatic rings. The molecule has 2 heterocycles. The summed E-state index contributed by atoms with van der Waals surface area (Å²) in [6.07, 6.45) is 2.83.